The topological polar surface area (TPSA) is 58.0 Å². The quantitative estimate of drug-likeness (QED) is 0.892. The van der Waals surface area contributed by atoms with Crippen LogP contribution in [0, 0.1) is 6.92 Å². The number of anilines is 1. The van der Waals surface area contributed by atoms with Gasteiger partial charge in [0.2, 0.25) is 0 Å². The van der Waals surface area contributed by atoms with Crippen LogP contribution in [0.15, 0.2) is 0 Å². The summed E-state index contributed by atoms with van der Waals surface area (Å²) in [5, 5.41) is 13.8. The maximum Gasteiger partial charge on any atom is 0.138 e. The minimum absolute atomic E-state index is 0.373. The van der Waals surface area contributed by atoms with Gasteiger partial charge in [0.25, 0.3) is 0 Å². The van der Waals surface area contributed by atoms with Crippen molar-refractivity contribution in [1.29, 1.82) is 0 Å². The van der Waals surface area contributed by atoms with Crippen LogP contribution >= 0.6 is 11.3 Å². The van der Waals surface area contributed by atoms with Gasteiger partial charge in [-0.3, -0.25) is 0 Å². The normalized spacial score (nSPS) is 15.9. The van der Waals surface area contributed by atoms with E-state index in [9.17, 15) is 5.11 Å². The standard InChI is InChI=1S/C13H17N3OS/c1-7(17)6-14-12-11-9-4-3-5-10(9)18-13(11)16-8(2)15-12/h7,17H,3-6H2,1-2H3,(H,14,15,16)/t7-/m0/s1. The Bertz CT molecular complexity index is 591. The van der Waals surface area contributed by atoms with Crippen LogP contribution in [0.3, 0.4) is 0 Å². The molecule has 0 saturated heterocycles. The summed E-state index contributed by atoms with van der Waals surface area (Å²) in [6.07, 6.45) is 3.17. The van der Waals surface area contributed by atoms with E-state index in [2.05, 4.69) is 15.3 Å². The van der Waals surface area contributed by atoms with Gasteiger partial charge < -0.3 is 10.4 Å². The van der Waals surface area contributed by atoms with Crippen molar-refractivity contribution in [3.63, 3.8) is 0 Å². The van der Waals surface area contributed by atoms with Crippen molar-refractivity contribution in [2.24, 2.45) is 0 Å². The zero-order valence-corrected chi connectivity index (χ0v) is 11.5. The fourth-order valence-electron chi connectivity index (χ4n) is 2.47. The van der Waals surface area contributed by atoms with Crippen LogP contribution < -0.4 is 5.32 Å². The highest BCUT2D eigenvalue weighted by atomic mass is 32.1. The summed E-state index contributed by atoms with van der Waals surface area (Å²) in [6.45, 7) is 4.21. The Morgan fingerprint density at radius 2 is 2.22 bits per heavy atom. The Morgan fingerprint density at radius 1 is 1.39 bits per heavy atom. The van der Waals surface area contributed by atoms with Crippen LogP contribution in [0.2, 0.25) is 0 Å². The Kier molecular flexibility index (Phi) is 2.95. The van der Waals surface area contributed by atoms with E-state index in [0.717, 1.165) is 22.9 Å². The van der Waals surface area contributed by atoms with E-state index in [1.165, 1.54) is 28.7 Å². The first kappa shape index (κ1) is 11.9. The lowest BCUT2D eigenvalue weighted by Crippen LogP contribution is -2.16. The molecule has 4 nitrogen and oxygen atoms in total. The number of nitrogens with one attached hydrogen (secondary N) is 1. The maximum atomic E-state index is 9.40. The van der Waals surface area contributed by atoms with Crippen LogP contribution in [-0.4, -0.2) is 27.7 Å². The molecule has 96 valence electrons. The molecule has 2 aromatic rings. The zero-order chi connectivity index (χ0) is 12.7. The summed E-state index contributed by atoms with van der Waals surface area (Å²) >= 11 is 1.80. The maximum absolute atomic E-state index is 9.40. The molecule has 0 bridgehead atoms. The smallest absolute Gasteiger partial charge is 0.138 e. The van der Waals surface area contributed by atoms with Crippen molar-refractivity contribution in [3.05, 3.63) is 16.3 Å². The molecule has 1 atom stereocenters. The van der Waals surface area contributed by atoms with Crippen LogP contribution in [-0.2, 0) is 12.8 Å². The number of aliphatic hydroxyl groups is 1. The third-order valence-corrected chi connectivity index (χ3v) is 4.43. The van der Waals surface area contributed by atoms with Crippen molar-refractivity contribution in [3.8, 4) is 0 Å². The van der Waals surface area contributed by atoms with Crippen molar-refractivity contribution in [2.45, 2.75) is 39.2 Å². The summed E-state index contributed by atoms with van der Waals surface area (Å²) in [5.74, 6) is 1.67. The molecule has 0 unspecified atom stereocenters. The zero-order valence-electron chi connectivity index (χ0n) is 10.7. The molecular weight excluding hydrogens is 246 g/mol. The number of fused-ring (bicyclic) bond motifs is 3. The summed E-state index contributed by atoms with van der Waals surface area (Å²) in [5.41, 5.74) is 1.42. The molecule has 3 rings (SSSR count). The van der Waals surface area contributed by atoms with Gasteiger partial charge in [-0.05, 0) is 38.7 Å². The van der Waals surface area contributed by atoms with E-state index in [0.29, 0.717) is 6.54 Å². The lowest BCUT2D eigenvalue weighted by molar-refractivity contribution is 0.208. The largest absolute Gasteiger partial charge is 0.392 e. The number of hydrogen-bond acceptors (Lipinski definition) is 5. The second-order valence-electron chi connectivity index (χ2n) is 4.89. The first-order valence-corrected chi connectivity index (χ1v) is 7.17. The van der Waals surface area contributed by atoms with E-state index in [1.807, 2.05) is 6.92 Å². The number of aliphatic hydroxyl groups excluding tert-OH is 1. The van der Waals surface area contributed by atoms with Crippen LogP contribution in [0.25, 0.3) is 10.2 Å². The van der Waals surface area contributed by atoms with Crippen molar-refractivity contribution < 1.29 is 5.11 Å². The number of hydrogen-bond donors (Lipinski definition) is 2. The molecule has 18 heavy (non-hydrogen) atoms. The molecule has 0 aromatic carbocycles. The van der Waals surface area contributed by atoms with Gasteiger partial charge in [-0.1, -0.05) is 0 Å². The first-order chi connectivity index (χ1) is 8.65. The average molecular weight is 263 g/mol. The highest BCUT2D eigenvalue weighted by Gasteiger charge is 2.21. The highest BCUT2D eigenvalue weighted by Crippen LogP contribution is 2.39. The predicted octanol–water partition coefficient (Wildman–Crippen LogP) is 2.28. The summed E-state index contributed by atoms with van der Waals surface area (Å²) in [4.78, 5) is 11.6. The molecule has 0 aliphatic heterocycles. The first-order valence-electron chi connectivity index (χ1n) is 6.36. The van der Waals surface area contributed by atoms with Gasteiger partial charge in [0.1, 0.15) is 16.5 Å². The van der Waals surface area contributed by atoms with E-state index in [1.54, 1.807) is 18.3 Å². The average Bonchev–Trinajstić information content (AvgIpc) is 2.84. The van der Waals surface area contributed by atoms with Gasteiger partial charge in [0.15, 0.2) is 0 Å². The molecule has 0 amide bonds. The third kappa shape index (κ3) is 1.97. The fraction of sp³-hybridized carbons (Fsp3) is 0.538. The van der Waals surface area contributed by atoms with Crippen LogP contribution in [0.5, 0.6) is 0 Å². The lowest BCUT2D eigenvalue weighted by Gasteiger charge is -2.10. The summed E-state index contributed by atoms with van der Waals surface area (Å²) in [6, 6.07) is 0. The molecule has 0 fully saturated rings. The second kappa shape index (κ2) is 4.48. The summed E-state index contributed by atoms with van der Waals surface area (Å²) < 4.78 is 0. The fourth-order valence-corrected chi connectivity index (χ4v) is 3.78. The van der Waals surface area contributed by atoms with Gasteiger partial charge in [0.05, 0.1) is 11.5 Å². The predicted molar refractivity (Wildman–Crippen MR) is 74.3 cm³/mol. The van der Waals surface area contributed by atoms with Gasteiger partial charge in [-0.2, -0.15) is 0 Å². The number of nitrogens with zero attached hydrogens (tertiary/aromatic N) is 2. The molecule has 2 N–H and O–H groups in total. The van der Waals surface area contributed by atoms with E-state index in [-0.39, 0.29) is 6.10 Å². The number of thiophene rings is 1. The summed E-state index contributed by atoms with van der Waals surface area (Å²) in [7, 11) is 0. The Hall–Kier alpha value is -1.20. The molecular formula is C13H17N3OS. The van der Waals surface area contributed by atoms with Crippen molar-refractivity contribution in [2.75, 3.05) is 11.9 Å². The Balaban J connectivity index is 2.10. The van der Waals surface area contributed by atoms with Crippen LogP contribution in [0.4, 0.5) is 5.82 Å². The SMILES string of the molecule is Cc1nc(NC[C@H](C)O)c2c3c(sc2n1)CCC3. The van der Waals surface area contributed by atoms with E-state index >= 15 is 0 Å². The highest BCUT2D eigenvalue weighted by molar-refractivity contribution is 7.19. The van der Waals surface area contributed by atoms with E-state index < -0.39 is 0 Å². The van der Waals surface area contributed by atoms with Gasteiger partial charge in [0, 0.05) is 11.4 Å². The molecule has 1 aliphatic rings. The van der Waals surface area contributed by atoms with Gasteiger partial charge in [-0.25, -0.2) is 9.97 Å². The number of aryl methyl sites for hydroxylation is 3. The molecule has 5 heteroatoms. The van der Waals surface area contributed by atoms with E-state index in [4.69, 9.17) is 0 Å². The minimum Gasteiger partial charge on any atom is -0.392 e. The third-order valence-electron chi connectivity index (χ3n) is 3.24. The monoisotopic (exact) mass is 263 g/mol. The molecule has 0 saturated carbocycles. The Morgan fingerprint density at radius 3 is 3.00 bits per heavy atom. The molecule has 2 aromatic heterocycles. The molecule has 1 aliphatic carbocycles. The molecule has 0 radical (unpaired) electrons. The van der Waals surface area contributed by atoms with Gasteiger partial charge in [-0.15, -0.1) is 11.3 Å². The Labute approximate surface area is 110 Å². The van der Waals surface area contributed by atoms with Crippen molar-refractivity contribution >= 4 is 27.4 Å². The van der Waals surface area contributed by atoms with Gasteiger partial charge >= 0.3 is 0 Å². The minimum atomic E-state index is -0.373. The molecule has 2 heterocycles. The number of aromatic nitrogens is 2. The van der Waals surface area contributed by atoms with Crippen LogP contribution in [0.1, 0.15) is 29.6 Å². The number of rotatable bonds is 3. The second-order valence-corrected chi connectivity index (χ2v) is 5.97. The van der Waals surface area contributed by atoms with Crippen molar-refractivity contribution in [1.82, 2.24) is 9.97 Å². The molecule has 0 spiro atoms. The lowest BCUT2D eigenvalue weighted by atomic mass is 10.2.